The minimum atomic E-state index is -1.09. The molecular formula is C45H30Cl3FN6O6. The fourth-order valence-electron chi connectivity index (χ4n) is 6.32. The summed E-state index contributed by atoms with van der Waals surface area (Å²) in [6, 6.07) is 30.3. The highest BCUT2D eigenvalue weighted by molar-refractivity contribution is 6.49. The quantitative estimate of drug-likeness (QED) is 0.0854. The molecule has 0 unspecified atom stereocenters. The van der Waals surface area contributed by atoms with Gasteiger partial charge >= 0.3 is 5.97 Å². The third kappa shape index (κ3) is 9.82. The van der Waals surface area contributed by atoms with Gasteiger partial charge in [-0.15, -0.1) is 0 Å². The topological polar surface area (TPSA) is 165 Å². The number of fused-ring (bicyclic) bond motifs is 2. The number of hydrogen-bond donors (Lipinski definition) is 3. The number of ketones is 2. The zero-order chi connectivity index (χ0) is 43.2. The summed E-state index contributed by atoms with van der Waals surface area (Å²) in [6.45, 7) is 0.818. The van der Waals surface area contributed by atoms with Crippen molar-refractivity contribution in [2.24, 2.45) is 0 Å². The van der Waals surface area contributed by atoms with E-state index in [0.717, 1.165) is 11.1 Å². The van der Waals surface area contributed by atoms with Crippen molar-refractivity contribution in [1.82, 2.24) is 19.1 Å². The van der Waals surface area contributed by atoms with Crippen molar-refractivity contribution in [3.05, 3.63) is 189 Å². The van der Waals surface area contributed by atoms with Crippen LogP contribution in [0.4, 0.5) is 15.8 Å². The maximum absolute atomic E-state index is 13.2. The molecule has 0 radical (unpaired) electrons. The highest BCUT2D eigenvalue weighted by Gasteiger charge is 2.24. The predicted molar refractivity (Wildman–Crippen MR) is 231 cm³/mol. The van der Waals surface area contributed by atoms with Crippen LogP contribution in [-0.2, 0) is 22.7 Å². The van der Waals surface area contributed by atoms with E-state index in [9.17, 15) is 28.4 Å². The molecule has 0 saturated carbocycles. The van der Waals surface area contributed by atoms with Gasteiger partial charge in [0.25, 0.3) is 23.4 Å². The number of rotatable bonds is 11. The molecule has 3 N–H and O–H groups in total. The van der Waals surface area contributed by atoms with Crippen molar-refractivity contribution in [2.75, 3.05) is 10.6 Å². The lowest BCUT2D eigenvalue weighted by Gasteiger charge is -2.06. The lowest BCUT2D eigenvalue weighted by Crippen LogP contribution is -2.23. The molecule has 12 nitrogen and oxygen atoms in total. The number of pyridine rings is 2. The minimum Gasteiger partial charge on any atom is -0.478 e. The van der Waals surface area contributed by atoms with E-state index in [-0.39, 0.29) is 33.2 Å². The summed E-state index contributed by atoms with van der Waals surface area (Å²) in [5.41, 5.74) is 3.99. The molecule has 0 bridgehead atoms. The van der Waals surface area contributed by atoms with Crippen LogP contribution < -0.4 is 10.6 Å². The summed E-state index contributed by atoms with van der Waals surface area (Å²) in [7, 11) is 0. The molecule has 2 amide bonds. The van der Waals surface area contributed by atoms with E-state index in [4.69, 9.17) is 39.9 Å². The summed E-state index contributed by atoms with van der Waals surface area (Å²) in [4.78, 5) is 70.6. The second kappa shape index (κ2) is 18.4. The number of nitrogens with one attached hydrogen (secondary N) is 2. The van der Waals surface area contributed by atoms with Crippen molar-refractivity contribution < 1.29 is 33.5 Å². The predicted octanol–water partition coefficient (Wildman–Crippen LogP) is 9.61. The van der Waals surface area contributed by atoms with Crippen LogP contribution in [0.15, 0.2) is 140 Å². The standard InChI is InChI=1S/C23H16FN3O4.C22H14Cl3N3O2/c24-16-7-3-14(4-8-16)12-27-13-19(18-2-1-11-25-21(18)27)20(28)22(29)26-17-9-5-15(6-10-17)23(30)31;23-14-5-3-13(4-6-14)11-28-12-17(16-2-1-9-26-21(16)28)20(29)22(30)27-19-10-15(24)7-8-18(19)25/h1-11,13H,12H2,(H,26,29)(H,30,31);1-10,12H,11H2,(H,27,30). The van der Waals surface area contributed by atoms with Crippen molar-refractivity contribution in [1.29, 1.82) is 0 Å². The van der Waals surface area contributed by atoms with Gasteiger partial charge in [-0.2, -0.15) is 0 Å². The molecular weight excluding hydrogens is 846 g/mol. The molecule has 0 aliphatic carbocycles. The number of carbonyl (C=O) groups is 5. The van der Waals surface area contributed by atoms with Gasteiger partial charge < -0.3 is 24.9 Å². The molecule has 0 aliphatic heterocycles. The Hall–Kier alpha value is -7.19. The van der Waals surface area contributed by atoms with Gasteiger partial charge in [0, 0.05) is 64.4 Å². The average molecular weight is 876 g/mol. The number of nitrogens with zero attached hydrogens (tertiary/aromatic N) is 4. The molecule has 4 aromatic carbocycles. The first-order chi connectivity index (χ1) is 29.3. The van der Waals surface area contributed by atoms with Crippen LogP contribution in [0.25, 0.3) is 22.1 Å². The fraction of sp³-hybridized carbons (Fsp3) is 0.0444. The largest absolute Gasteiger partial charge is 0.478 e. The second-order valence-electron chi connectivity index (χ2n) is 13.4. The molecule has 4 aromatic heterocycles. The van der Waals surface area contributed by atoms with Crippen LogP contribution in [0.1, 0.15) is 42.2 Å². The van der Waals surface area contributed by atoms with E-state index in [2.05, 4.69) is 20.6 Å². The monoisotopic (exact) mass is 874 g/mol. The summed E-state index contributed by atoms with van der Waals surface area (Å²) < 4.78 is 16.7. The Morgan fingerprint density at radius 1 is 0.607 bits per heavy atom. The normalized spacial score (nSPS) is 10.8. The highest BCUT2D eigenvalue weighted by Crippen LogP contribution is 2.27. The molecule has 61 heavy (non-hydrogen) atoms. The molecule has 4 heterocycles. The number of carbonyl (C=O) groups excluding carboxylic acids is 4. The average Bonchev–Trinajstić information content (AvgIpc) is 3.81. The van der Waals surface area contributed by atoms with Gasteiger partial charge in [0.05, 0.1) is 27.4 Å². The summed E-state index contributed by atoms with van der Waals surface area (Å²) in [6.07, 6.45) is 6.41. The third-order valence-corrected chi connectivity index (χ3v) is 10.1. The van der Waals surface area contributed by atoms with E-state index in [1.807, 2.05) is 16.7 Å². The molecule has 0 atom stereocenters. The van der Waals surface area contributed by atoms with Crippen molar-refractivity contribution in [3.63, 3.8) is 0 Å². The van der Waals surface area contributed by atoms with Crippen LogP contribution in [-0.4, -0.2) is 53.6 Å². The van der Waals surface area contributed by atoms with Gasteiger partial charge in [-0.25, -0.2) is 19.2 Å². The molecule has 8 rings (SSSR count). The van der Waals surface area contributed by atoms with Crippen molar-refractivity contribution >= 4 is 97.6 Å². The summed E-state index contributed by atoms with van der Waals surface area (Å²) in [5, 5.41) is 16.4. The van der Waals surface area contributed by atoms with Gasteiger partial charge in [0.1, 0.15) is 17.1 Å². The maximum Gasteiger partial charge on any atom is 0.335 e. The number of amides is 2. The van der Waals surface area contributed by atoms with Crippen molar-refractivity contribution in [2.45, 2.75) is 13.1 Å². The fourth-order valence-corrected chi connectivity index (χ4v) is 6.79. The van der Waals surface area contributed by atoms with E-state index >= 15 is 0 Å². The first kappa shape index (κ1) is 42.0. The molecule has 16 heteroatoms. The van der Waals surface area contributed by atoms with E-state index < -0.39 is 29.4 Å². The Balaban J connectivity index is 0.000000184. The second-order valence-corrected chi connectivity index (χ2v) is 14.7. The number of carboxylic acids is 1. The Kier molecular flexibility index (Phi) is 12.6. The van der Waals surface area contributed by atoms with Gasteiger partial charge in [-0.1, -0.05) is 59.1 Å². The number of aromatic carboxylic acids is 1. The SMILES string of the molecule is O=C(Nc1cc(Cl)ccc1Cl)C(=O)c1cn(Cc2ccc(Cl)cc2)c2ncccc12.O=C(Nc1ccc(C(=O)O)cc1)C(=O)c1cn(Cc2ccc(F)cc2)c2ncccc12. The smallest absolute Gasteiger partial charge is 0.335 e. The molecule has 0 aliphatic rings. The number of halogens is 4. The Morgan fingerprint density at radius 2 is 1.10 bits per heavy atom. The third-order valence-electron chi connectivity index (χ3n) is 9.27. The van der Waals surface area contributed by atoms with Crippen LogP contribution in [0.5, 0.6) is 0 Å². The van der Waals surface area contributed by atoms with Gasteiger partial charge in [0.2, 0.25) is 0 Å². The summed E-state index contributed by atoms with van der Waals surface area (Å²) in [5.74, 6) is -4.54. The maximum atomic E-state index is 13.2. The van der Waals surface area contributed by atoms with Gasteiger partial charge in [-0.3, -0.25) is 19.2 Å². The molecule has 0 spiro atoms. The van der Waals surface area contributed by atoms with Crippen LogP contribution in [0.3, 0.4) is 0 Å². The minimum absolute atomic E-state index is 0.0688. The number of aromatic nitrogens is 4. The number of anilines is 2. The van der Waals surface area contributed by atoms with Crippen molar-refractivity contribution in [3.8, 4) is 0 Å². The van der Waals surface area contributed by atoms with E-state index in [1.54, 1.807) is 90.0 Å². The number of carboxylic acid groups (broad SMARTS) is 1. The lowest BCUT2D eigenvalue weighted by atomic mass is 10.1. The number of benzene rings is 4. The van der Waals surface area contributed by atoms with E-state index in [1.165, 1.54) is 42.5 Å². The van der Waals surface area contributed by atoms with Gasteiger partial charge in [-0.05, 0) is 102 Å². The molecule has 0 fully saturated rings. The van der Waals surface area contributed by atoms with Gasteiger partial charge in [0.15, 0.2) is 0 Å². The van der Waals surface area contributed by atoms with Crippen LogP contribution in [0.2, 0.25) is 15.1 Å². The zero-order valence-corrected chi connectivity index (χ0v) is 33.8. The van der Waals surface area contributed by atoms with Crippen LogP contribution >= 0.6 is 34.8 Å². The highest BCUT2D eigenvalue weighted by atomic mass is 35.5. The number of hydrogen-bond acceptors (Lipinski definition) is 7. The molecule has 304 valence electrons. The Labute approximate surface area is 361 Å². The molecule has 0 saturated heterocycles. The zero-order valence-electron chi connectivity index (χ0n) is 31.5. The first-order valence-electron chi connectivity index (χ1n) is 18.2. The first-order valence-corrected chi connectivity index (χ1v) is 19.3. The molecule has 8 aromatic rings. The Bertz CT molecular complexity index is 2970. The number of Topliss-reactive ketones (excluding diaryl/α,β-unsaturated/α-hetero) is 2. The lowest BCUT2D eigenvalue weighted by molar-refractivity contribution is -0.113. The summed E-state index contributed by atoms with van der Waals surface area (Å²) >= 11 is 18.0. The Morgan fingerprint density at radius 3 is 1.62 bits per heavy atom. The van der Waals surface area contributed by atoms with E-state index in [0.29, 0.717) is 50.9 Å². The van der Waals surface area contributed by atoms with Crippen LogP contribution in [0, 0.1) is 5.82 Å².